The summed E-state index contributed by atoms with van der Waals surface area (Å²) < 4.78 is 10.8. The standard InChI is InChI=1S/C19H28N2O3/c1-14(2)17(11-20-19(22)18-13-23-9-10-24-18)21-8-7-15-5-3-4-6-16(15)12-21/h3-6,14,17-18H,7-13H2,1-2H3,(H,20,22)/t17-,18+/m1/s1. The Kier molecular flexibility index (Phi) is 5.87. The third-order valence-corrected chi connectivity index (χ3v) is 4.99. The van der Waals surface area contributed by atoms with Gasteiger partial charge in [-0.3, -0.25) is 9.69 Å². The Morgan fingerprint density at radius 1 is 1.29 bits per heavy atom. The summed E-state index contributed by atoms with van der Waals surface area (Å²) in [6.07, 6.45) is 0.612. The van der Waals surface area contributed by atoms with E-state index in [4.69, 9.17) is 9.47 Å². The number of hydrogen-bond donors (Lipinski definition) is 1. The van der Waals surface area contributed by atoms with Crippen molar-refractivity contribution in [2.24, 2.45) is 5.92 Å². The minimum absolute atomic E-state index is 0.0576. The Morgan fingerprint density at radius 3 is 2.79 bits per heavy atom. The SMILES string of the molecule is CC(C)[C@@H](CNC(=O)[C@@H]1COCCO1)N1CCc2ccccc2C1. The van der Waals surface area contributed by atoms with E-state index in [1.807, 2.05) is 0 Å². The molecule has 1 fully saturated rings. The fourth-order valence-electron chi connectivity index (χ4n) is 3.55. The molecular weight excluding hydrogens is 304 g/mol. The Morgan fingerprint density at radius 2 is 2.08 bits per heavy atom. The van der Waals surface area contributed by atoms with Crippen LogP contribution in [0.3, 0.4) is 0 Å². The zero-order chi connectivity index (χ0) is 16.9. The van der Waals surface area contributed by atoms with Crippen molar-refractivity contribution in [2.45, 2.75) is 39.0 Å². The Labute approximate surface area is 144 Å². The second kappa shape index (κ2) is 8.10. The van der Waals surface area contributed by atoms with Crippen LogP contribution in [-0.4, -0.2) is 55.9 Å². The molecule has 0 radical (unpaired) electrons. The largest absolute Gasteiger partial charge is 0.376 e. The van der Waals surface area contributed by atoms with Crippen molar-refractivity contribution in [2.75, 3.05) is 32.9 Å². The highest BCUT2D eigenvalue weighted by atomic mass is 16.6. The molecule has 24 heavy (non-hydrogen) atoms. The van der Waals surface area contributed by atoms with Gasteiger partial charge in [0.25, 0.3) is 5.91 Å². The number of benzene rings is 1. The molecule has 2 atom stereocenters. The second-order valence-corrected chi connectivity index (χ2v) is 6.98. The molecule has 0 saturated carbocycles. The van der Waals surface area contributed by atoms with Gasteiger partial charge in [0.05, 0.1) is 19.8 Å². The Bertz CT molecular complexity index is 555. The van der Waals surface area contributed by atoms with Crippen molar-refractivity contribution in [3.8, 4) is 0 Å². The van der Waals surface area contributed by atoms with Gasteiger partial charge in [0.15, 0.2) is 6.10 Å². The highest BCUT2D eigenvalue weighted by Gasteiger charge is 2.28. The van der Waals surface area contributed by atoms with E-state index in [0.29, 0.717) is 38.3 Å². The molecule has 1 amide bonds. The number of ether oxygens (including phenoxy) is 2. The van der Waals surface area contributed by atoms with Gasteiger partial charge in [0.1, 0.15) is 0 Å². The van der Waals surface area contributed by atoms with Crippen molar-refractivity contribution in [1.82, 2.24) is 10.2 Å². The Balaban J connectivity index is 1.58. The van der Waals surface area contributed by atoms with Crippen LogP contribution in [0.15, 0.2) is 24.3 Å². The maximum absolute atomic E-state index is 12.3. The van der Waals surface area contributed by atoms with Crippen molar-refractivity contribution in [3.63, 3.8) is 0 Å². The summed E-state index contributed by atoms with van der Waals surface area (Å²) in [6.45, 7) is 8.51. The van der Waals surface area contributed by atoms with Crippen LogP contribution in [-0.2, 0) is 27.2 Å². The van der Waals surface area contributed by atoms with Crippen LogP contribution in [0.25, 0.3) is 0 Å². The van der Waals surface area contributed by atoms with Gasteiger partial charge >= 0.3 is 0 Å². The minimum atomic E-state index is -0.464. The topological polar surface area (TPSA) is 50.8 Å². The first-order valence-electron chi connectivity index (χ1n) is 8.93. The molecule has 0 aromatic heterocycles. The molecule has 0 bridgehead atoms. The van der Waals surface area contributed by atoms with Gasteiger partial charge in [0.2, 0.25) is 0 Å². The van der Waals surface area contributed by atoms with Crippen molar-refractivity contribution < 1.29 is 14.3 Å². The molecule has 132 valence electrons. The van der Waals surface area contributed by atoms with Gasteiger partial charge in [-0.05, 0) is 23.5 Å². The average molecular weight is 332 g/mol. The summed E-state index contributed by atoms with van der Waals surface area (Å²) in [5.41, 5.74) is 2.86. The molecule has 0 spiro atoms. The highest BCUT2D eigenvalue weighted by Crippen LogP contribution is 2.22. The van der Waals surface area contributed by atoms with E-state index >= 15 is 0 Å². The molecule has 3 rings (SSSR count). The predicted octanol–water partition coefficient (Wildman–Crippen LogP) is 1.60. The average Bonchev–Trinajstić information content (AvgIpc) is 2.62. The monoisotopic (exact) mass is 332 g/mol. The molecule has 2 heterocycles. The summed E-state index contributed by atoms with van der Waals surface area (Å²) in [6, 6.07) is 8.98. The molecule has 5 heteroatoms. The molecule has 5 nitrogen and oxygen atoms in total. The van der Waals surface area contributed by atoms with Crippen LogP contribution < -0.4 is 5.32 Å². The number of nitrogens with zero attached hydrogens (tertiary/aromatic N) is 1. The van der Waals surface area contributed by atoms with Gasteiger partial charge in [-0.2, -0.15) is 0 Å². The van der Waals surface area contributed by atoms with Crippen molar-refractivity contribution in [1.29, 1.82) is 0 Å². The first-order valence-corrected chi connectivity index (χ1v) is 8.93. The lowest BCUT2D eigenvalue weighted by atomic mass is 9.95. The molecule has 0 aliphatic carbocycles. The number of rotatable bonds is 5. The van der Waals surface area contributed by atoms with Crippen LogP contribution in [0.4, 0.5) is 0 Å². The minimum Gasteiger partial charge on any atom is -0.376 e. The lowest BCUT2D eigenvalue weighted by molar-refractivity contribution is -0.147. The molecule has 1 aromatic rings. The molecule has 2 aliphatic rings. The first-order chi connectivity index (χ1) is 11.6. The van der Waals surface area contributed by atoms with Crippen LogP contribution >= 0.6 is 0 Å². The summed E-state index contributed by atoms with van der Waals surface area (Å²) in [7, 11) is 0. The molecule has 0 unspecified atom stereocenters. The number of carbonyl (C=O) groups excluding carboxylic acids is 1. The van der Waals surface area contributed by atoms with E-state index in [1.54, 1.807) is 0 Å². The number of nitrogens with one attached hydrogen (secondary N) is 1. The van der Waals surface area contributed by atoms with E-state index in [1.165, 1.54) is 11.1 Å². The van der Waals surface area contributed by atoms with Gasteiger partial charge < -0.3 is 14.8 Å². The smallest absolute Gasteiger partial charge is 0.251 e. The fraction of sp³-hybridized carbons (Fsp3) is 0.632. The second-order valence-electron chi connectivity index (χ2n) is 6.98. The number of carbonyl (C=O) groups is 1. The van der Waals surface area contributed by atoms with Crippen LogP contribution in [0.5, 0.6) is 0 Å². The van der Waals surface area contributed by atoms with Gasteiger partial charge in [-0.1, -0.05) is 38.1 Å². The molecule has 2 aliphatic heterocycles. The van der Waals surface area contributed by atoms with Crippen molar-refractivity contribution in [3.05, 3.63) is 35.4 Å². The maximum Gasteiger partial charge on any atom is 0.251 e. The molecule has 1 N–H and O–H groups in total. The van der Waals surface area contributed by atoms with E-state index in [0.717, 1.165) is 19.5 Å². The van der Waals surface area contributed by atoms with Crippen LogP contribution in [0, 0.1) is 5.92 Å². The van der Waals surface area contributed by atoms with Gasteiger partial charge in [0, 0.05) is 25.7 Å². The first kappa shape index (κ1) is 17.4. The van der Waals surface area contributed by atoms with Crippen molar-refractivity contribution >= 4 is 5.91 Å². The van der Waals surface area contributed by atoms with Crippen LogP contribution in [0.1, 0.15) is 25.0 Å². The fourth-order valence-corrected chi connectivity index (χ4v) is 3.55. The molecule has 1 aromatic carbocycles. The van der Waals surface area contributed by atoms with Gasteiger partial charge in [-0.15, -0.1) is 0 Å². The zero-order valence-electron chi connectivity index (χ0n) is 14.7. The zero-order valence-corrected chi connectivity index (χ0v) is 14.7. The Hall–Kier alpha value is -1.43. The lowest BCUT2D eigenvalue weighted by Gasteiger charge is -2.38. The molecule has 1 saturated heterocycles. The van der Waals surface area contributed by atoms with E-state index in [2.05, 4.69) is 48.3 Å². The molecular formula is C19H28N2O3. The van der Waals surface area contributed by atoms with E-state index in [9.17, 15) is 4.79 Å². The van der Waals surface area contributed by atoms with E-state index in [-0.39, 0.29) is 5.91 Å². The number of fused-ring (bicyclic) bond motifs is 1. The summed E-state index contributed by atoms with van der Waals surface area (Å²) in [4.78, 5) is 14.8. The quantitative estimate of drug-likeness (QED) is 0.890. The predicted molar refractivity (Wildman–Crippen MR) is 92.8 cm³/mol. The van der Waals surface area contributed by atoms with Gasteiger partial charge in [-0.25, -0.2) is 0 Å². The normalized spacial score (nSPS) is 22.9. The summed E-state index contributed by atoms with van der Waals surface area (Å²) in [5.74, 6) is 0.414. The van der Waals surface area contributed by atoms with Crippen LogP contribution in [0.2, 0.25) is 0 Å². The number of amides is 1. The van der Waals surface area contributed by atoms with E-state index < -0.39 is 6.10 Å². The summed E-state index contributed by atoms with van der Waals surface area (Å²) >= 11 is 0. The third-order valence-electron chi connectivity index (χ3n) is 4.99. The highest BCUT2D eigenvalue weighted by molar-refractivity contribution is 5.81. The third kappa shape index (κ3) is 4.15. The maximum atomic E-state index is 12.3. The lowest BCUT2D eigenvalue weighted by Crippen LogP contribution is -2.51. The summed E-state index contributed by atoms with van der Waals surface area (Å²) in [5, 5.41) is 3.07. The number of hydrogen-bond acceptors (Lipinski definition) is 4.